The topological polar surface area (TPSA) is 25.8 Å². The van der Waals surface area contributed by atoms with Crippen LogP contribution in [0.2, 0.25) is 0 Å². The van der Waals surface area contributed by atoms with Crippen LogP contribution in [-0.2, 0) is 0 Å². The van der Waals surface area contributed by atoms with Gasteiger partial charge in [0.15, 0.2) is 0 Å². The Hall–Kier alpha value is -2.26. The third kappa shape index (κ3) is 1.71. The summed E-state index contributed by atoms with van der Waals surface area (Å²) in [4.78, 5) is 10.3. The van der Waals surface area contributed by atoms with E-state index in [0.29, 0.717) is 0 Å². The van der Waals surface area contributed by atoms with Crippen molar-refractivity contribution in [3.63, 3.8) is 0 Å². The second-order valence-electron chi connectivity index (χ2n) is 4.81. The second-order valence-corrected chi connectivity index (χ2v) is 6.07. The van der Waals surface area contributed by atoms with Crippen molar-refractivity contribution in [1.29, 1.82) is 0 Å². The lowest BCUT2D eigenvalue weighted by Gasteiger charge is -2.06. The van der Waals surface area contributed by atoms with Gasteiger partial charge >= 0.3 is 0 Å². The van der Waals surface area contributed by atoms with Gasteiger partial charge in [0.05, 0.1) is 15.9 Å². The van der Waals surface area contributed by atoms with Gasteiger partial charge in [-0.2, -0.15) is 0 Å². The van der Waals surface area contributed by atoms with E-state index in [1.165, 1.54) is 20.3 Å². The molecule has 3 heteroatoms. The maximum Gasteiger partial charge on any atom is 0.0889 e. The number of thiophene rings is 1. The van der Waals surface area contributed by atoms with Crippen molar-refractivity contribution in [1.82, 2.24) is 9.97 Å². The van der Waals surface area contributed by atoms with E-state index >= 15 is 0 Å². The van der Waals surface area contributed by atoms with Crippen LogP contribution in [0.3, 0.4) is 0 Å². The molecule has 0 unspecified atom stereocenters. The molecule has 1 aromatic carbocycles. The lowest BCUT2D eigenvalue weighted by atomic mass is 10.1. The van der Waals surface area contributed by atoms with Crippen LogP contribution in [-0.4, -0.2) is 9.97 Å². The predicted octanol–water partition coefficient (Wildman–Crippen LogP) is 4.82. The first-order chi connectivity index (χ1) is 9.83. The van der Waals surface area contributed by atoms with Gasteiger partial charge in [-0.15, -0.1) is 11.3 Å². The van der Waals surface area contributed by atoms with E-state index in [2.05, 4.69) is 36.2 Å². The van der Waals surface area contributed by atoms with E-state index < -0.39 is 0 Å². The highest BCUT2D eigenvalue weighted by molar-refractivity contribution is 7.19. The van der Waals surface area contributed by atoms with E-state index in [0.717, 1.165) is 16.8 Å². The van der Waals surface area contributed by atoms with Crippen LogP contribution in [0.25, 0.3) is 32.2 Å². The fourth-order valence-corrected chi connectivity index (χ4v) is 3.60. The maximum absolute atomic E-state index is 4.87. The Morgan fingerprint density at radius 2 is 1.75 bits per heavy atom. The summed E-state index contributed by atoms with van der Waals surface area (Å²) >= 11 is 1.81. The van der Waals surface area contributed by atoms with Gasteiger partial charge in [0.2, 0.25) is 0 Å². The van der Waals surface area contributed by atoms with Gasteiger partial charge in [-0.1, -0.05) is 18.2 Å². The van der Waals surface area contributed by atoms with E-state index in [1.807, 2.05) is 30.6 Å². The molecule has 0 aliphatic rings. The summed E-state index contributed by atoms with van der Waals surface area (Å²) in [5.74, 6) is 0. The first-order valence-electron chi connectivity index (χ1n) is 6.52. The molecule has 0 bridgehead atoms. The number of fused-ring (bicyclic) bond motifs is 3. The molecule has 0 spiro atoms. The number of hydrogen-bond donors (Lipinski definition) is 0. The number of rotatable bonds is 1. The van der Waals surface area contributed by atoms with Crippen molar-refractivity contribution >= 4 is 32.3 Å². The molecule has 0 radical (unpaired) electrons. The van der Waals surface area contributed by atoms with Crippen molar-refractivity contribution in [2.24, 2.45) is 0 Å². The normalized spacial score (nSPS) is 11.2. The Kier molecular flexibility index (Phi) is 2.54. The van der Waals surface area contributed by atoms with E-state index in [-0.39, 0.29) is 0 Å². The summed E-state index contributed by atoms with van der Waals surface area (Å²) in [5, 5.41) is 2.52. The second kappa shape index (κ2) is 4.39. The molecule has 0 aliphatic heterocycles. The molecule has 0 N–H and O–H groups in total. The minimum absolute atomic E-state index is 1.05. The summed E-state index contributed by atoms with van der Waals surface area (Å²) < 4.78 is 1.26. The minimum Gasteiger partial charge on any atom is -0.265 e. The quantitative estimate of drug-likeness (QED) is 0.498. The number of nitrogens with zero attached hydrogens (tertiary/aromatic N) is 2. The number of para-hydroxylation sites is 1. The Morgan fingerprint density at radius 3 is 2.60 bits per heavy atom. The summed E-state index contributed by atoms with van der Waals surface area (Å²) in [6.07, 6.45) is 3.64. The Balaban J connectivity index is 2.18. The minimum atomic E-state index is 1.05. The van der Waals surface area contributed by atoms with E-state index in [9.17, 15) is 0 Å². The maximum atomic E-state index is 4.87. The van der Waals surface area contributed by atoms with Crippen LogP contribution in [0.1, 0.15) is 4.88 Å². The van der Waals surface area contributed by atoms with Gasteiger partial charge in [0, 0.05) is 33.6 Å². The third-order valence-corrected chi connectivity index (χ3v) is 4.51. The van der Waals surface area contributed by atoms with Crippen LogP contribution in [0.4, 0.5) is 0 Å². The fourth-order valence-electron chi connectivity index (χ4n) is 2.57. The summed E-state index contributed by atoms with van der Waals surface area (Å²) in [7, 11) is 0. The molecule has 0 aliphatic carbocycles. The largest absolute Gasteiger partial charge is 0.265 e. The SMILES string of the molecule is Cc1cc2c(s1)c(-c1ccncc1)nc1ccccc12. The molecule has 96 valence electrons. The molecule has 3 aromatic heterocycles. The zero-order chi connectivity index (χ0) is 13.5. The Bertz CT molecular complexity index is 910. The van der Waals surface area contributed by atoms with Gasteiger partial charge in [-0.25, -0.2) is 4.98 Å². The molecule has 0 saturated carbocycles. The summed E-state index contributed by atoms with van der Waals surface area (Å²) in [5.41, 5.74) is 3.22. The lowest BCUT2D eigenvalue weighted by molar-refractivity contribution is 1.32. The van der Waals surface area contributed by atoms with E-state index in [1.54, 1.807) is 11.3 Å². The van der Waals surface area contributed by atoms with Gasteiger partial charge < -0.3 is 0 Å². The standard InChI is InChI=1S/C17H12N2S/c1-11-10-14-13-4-2-3-5-15(13)19-16(17(14)20-11)12-6-8-18-9-7-12/h2-10H,1H3. The molecule has 0 atom stereocenters. The highest BCUT2D eigenvalue weighted by Gasteiger charge is 2.12. The van der Waals surface area contributed by atoms with Crippen LogP contribution in [0.5, 0.6) is 0 Å². The molecule has 0 fully saturated rings. The first-order valence-corrected chi connectivity index (χ1v) is 7.34. The number of aromatic nitrogens is 2. The van der Waals surface area contributed by atoms with Crippen molar-refractivity contribution in [3.05, 3.63) is 59.7 Å². The third-order valence-electron chi connectivity index (χ3n) is 3.45. The average Bonchev–Trinajstić information content (AvgIpc) is 2.89. The molecule has 0 amide bonds. The average molecular weight is 276 g/mol. The molecular weight excluding hydrogens is 264 g/mol. The van der Waals surface area contributed by atoms with Gasteiger partial charge in [-0.3, -0.25) is 4.98 Å². The van der Waals surface area contributed by atoms with Gasteiger partial charge in [0.25, 0.3) is 0 Å². The molecule has 4 rings (SSSR count). The summed E-state index contributed by atoms with van der Waals surface area (Å²) in [6.45, 7) is 2.15. The van der Waals surface area contributed by atoms with Crippen molar-refractivity contribution in [2.75, 3.05) is 0 Å². The van der Waals surface area contributed by atoms with Crippen LogP contribution >= 0.6 is 11.3 Å². The Labute approximate surface area is 120 Å². The first kappa shape index (κ1) is 11.6. The molecular formula is C17H12N2S. The number of benzene rings is 1. The smallest absolute Gasteiger partial charge is 0.0889 e. The Morgan fingerprint density at radius 1 is 0.950 bits per heavy atom. The monoisotopic (exact) mass is 276 g/mol. The number of pyridine rings is 2. The van der Waals surface area contributed by atoms with Crippen molar-refractivity contribution in [2.45, 2.75) is 6.92 Å². The number of hydrogen-bond acceptors (Lipinski definition) is 3. The summed E-state index contributed by atoms with van der Waals surface area (Å²) in [6, 6.07) is 14.6. The lowest BCUT2D eigenvalue weighted by Crippen LogP contribution is -1.86. The van der Waals surface area contributed by atoms with Crippen LogP contribution in [0.15, 0.2) is 54.9 Å². The fraction of sp³-hybridized carbons (Fsp3) is 0.0588. The van der Waals surface area contributed by atoms with Gasteiger partial charge in [-0.05, 0) is 31.2 Å². The molecule has 2 nitrogen and oxygen atoms in total. The highest BCUT2D eigenvalue weighted by Crippen LogP contribution is 2.37. The highest BCUT2D eigenvalue weighted by atomic mass is 32.1. The zero-order valence-electron chi connectivity index (χ0n) is 11.0. The van der Waals surface area contributed by atoms with E-state index in [4.69, 9.17) is 4.98 Å². The van der Waals surface area contributed by atoms with Crippen LogP contribution in [0, 0.1) is 6.92 Å². The van der Waals surface area contributed by atoms with Gasteiger partial charge in [0.1, 0.15) is 0 Å². The van der Waals surface area contributed by atoms with Crippen LogP contribution < -0.4 is 0 Å². The number of aryl methyl sites for hydroxylation is 1. The van der Waals surface area contributed by atoms with Crippen molar-refractivity contribution in [3.8, 4) is 11.3 Å². The zero-order valence-corrected chi connectivity index (χ0v) is 11.8. The predicted molar refractivity (Wildman–Crippen MR) is 85.1 cm³/mol. The molecule has 0 saturated heterocycles. The molecule has 20 heavy (non-hydrogen) atoms. The molecule has 4 aromatic rings. The molecule has 3 heterocycles. The van der Waals surface area contributed by atoms with Crippen molar-refractivity contribution < 1.29 is 0 Å².